The smallest absolute Gasteiger partial charge is 0.346 e. The fraction of sp³-hybridized carbons (Fsp3) is 0.467. The summed E-state index contributed by atoms with van der Waals surface area (Å²) in [6, 6.07) is 16.3. The Balaban J connectivity index is 1.40. The van der Waals surface area contributed by atoms with Crippen LogP contribution in [0.15, 0.2) is 48.5 Å². The molecule has 0 aromatic heterocycles. The van der Waals surface area contributed by atoms with Crippen LogP contribution >= 0.6 is 0 Å². The highest BCUT2D eigenvalue weighted by molar-refractivity contribution is 5.98. The summed E-state index contributed by atoms with van der Waals surface area (Å²) in [5, 5.41) is 0. The summed E-state index contributed by atoms with van der Waals surface area (Å²) >= 11 is 0. The molecule has 5 aliphatic carbocycles. The van der Waals surface area contributed by atoms with Gasteiger partial charge in [-0.2, -0.15) is 0 Å². The monoisotopic (exact) mass is 516 g/mol. The van der Waals surface area contributed by atoms with Gasteiger partial charge in [0.15, 0.2) is 12.2 Å². The van der Waals surface area contributed by atoms with Gasteiger partial charge in [0.2, 0.25) is 0 Å². The minimum Gasteiger partial charge on any atom is -0.466 e. The van der Waals surface area contributed by atoms with Crippen LogP contribution in [0.2, 0.25) is 0 Å². The van der Waals surface area contributed by atoms with Crippen LogP contribution in [-0.4, -0.2) is 50.3 Å². The first-order valence-corrected chi connectivity index (χ1v) is 13.0. The summed E-state index contributed by atoms with van der Waals surface area (Å²) in [4.78, 5) is 52.5. The number of carbonyl (C=O) groups is 4. The molecular formula is C30H28O8. The second kappa shape index (κ2) is 7.46. The number of benzene rings is 2. The first-order chi connectivity index (χ1) is 18.3. The molecule has 38 heavy (non-hydrogen) atoms. The molecule has 2 aromatic carbocycles. The summed E-state index contributed by atoms with van der Waals surface area (Å²) in [6.07, 6.45) is -2.13. The Morgan fingerprint density at radius 1 is 0.632 bits per heavy atom. The predicted molar refractivity (Wildman–Crippen MR) is 131 cm³/mol. The molecule has 8 heteroatoms. The Kier molecular flexibility index (Phi) is 4.60. The van der Waals surface area contributed by atoms with Crippen molar-refractivity contribution in [3.63, 3.8) is 0 Å². The van der Waals surface area contributed by atoms with Crippen LogP contribution < -0.4 is 0 Å². The molecule has 0 saturated heterocycles. The normalized spacial score (nSPS) is 36.8. The second-order valence-corrected chi connectivity index (χ2v) is 11.2. The molecule has 0 bridgehead atoms. The standard InChI is InChI=1S/C30H28O8/c1-13(25(31)35-3)37-27(33)29-21-17-11-7-5-9-15(17)20-22-18-12-8-6-10-16(18)19(21)23(29)30(22,24(20)29)28(34)38-14(2)26(32)36-4/h5-14,19-24H,1-4H3/t13-,14-,19?,20?,21?,22?,23?,24?,29?,30?/m0/s1. The Hall–Kier alpha value is -3.68. The molecular weight excluding hydrogens is 488 g/mol. The van der Waals surface area contributed by atoms with E-state index in [0.29, 0.717) is 0 Å². The molecule has 0 aliphatic heterocycles. The lowest BCUT2D eigenvalue weighted by Gasteiger charge is -2.90. The zero-order valence-electron chi connectivity index (χ0n) is 21.5. The average Bonchev–Trinajstić information content (AvgIpc) is 2.88. The number of ether oxygens (including phenoxy) is 4. The summed E-state index contributed by atoms with van der Waals surface area (Å²) < 4.78 is 21.1. The van der Waals surface area contributed by atoms with Crippen LogP contribution in [-0.2, 0) is 38.1 Å². The van der Waals surface area contributed by atoms with Gasteiger partial charge in [-0.1, -0.05) is 48.5 Å². The number of hydrogen-bond donors (Lipinski definition) is 0. The van der Waals surface area contributed by atoms with Crippen molar-refractivity contribution in [1.82, 2.24) is 0 Å². The van der Waals surface area contributed by atoms with Crippen molar-refractivity contribution in [3.05, 3.63) is 70.8 Å². The van der Waals surface area contributed by atoms with Gasteiger partial charge in [-0.05, 0) is 47.9 Å². The lowest BCUT2D eigenvalue weighted by Crippen LogP contribution is -2.91. The van der Waals surface area contributed by atoms with Crippen molar-refractivity contribution < 1.29 is 38.1 Å². The van der Waals surface area contributed by atoms with Crippen molar-refractivity contribution in [3.8, 4) is 0 Å². The maximum Gasteiger partial charge on any atom is 0.346 e. The largest absolute Gasteiger partial charge is 0.466 e. The quantitative estimate of drug-likeness (QED) is 0.426. The Morgan fingerprint density at radius 3 is 1.32 bits per heavy atom. The van der Waals surface area contributed by atoms with Gasteiger partial charge >= 0.3 is 23.9 Å². The van der Waals surface area contributed by atoms with Crippen molar-refractivity contribution in [2.24, 2.45) is 22.7 Å². The van der Waals surface area contributed by atoms with Gasteiger partial charge in [-0.3, -0.25) is 9.59 Å². The van der Waals surface area contributed by atoms with Gasteiger partial charge in [0.25, 0.3) is 0 Å². The molecule has 0 N–H and O–H groups in total. The molecule has 0 radical (unpaired) electrons. The minimum absolute atomic E-state index is 0.0944. The molecule has 8 nitrogen and oxygen atoms in total. The topological polar surface area (TPSA) is 105 Å². The highest BCUT2D eigenvalue weighted by Crippen LogP contribution is 2.98. The van der Waals surface area contributed by atoms with Gasteiger partial charge in [0.05, 0.1) is 25.0 Å². The molecule has 4 unspecified atom stereocenters. The van der Waals surface area contributed by atoms with E-state index >= 15 is 0 Å². The van der Waals surface area contributed by atoms with E-state index in [9.17, 15) is 19.2 Å². The Bertz CT molecular complexity index is 1310. The molecule has 2 aromatic rings. The van der Waals surface area contributed by atoms with Crippen LogP contribution in [0.3, 0.4) is 0 Å². The minimum atomic E-state index is -1.07. The van der Waals surface area contributed by atoms with Crippen molar-refractivity contribution >= 4 is 23.9 Å². The van der Waals surface area contributed by atoms with Crippen molar-refractivity contribution in [2.45, 2.75) is 49.7 Å². The zero-order valence-corrected chi connectivity index (χ0v) is 21.5. The van der Waals surface area contributed by atoms with E-state index in [1.807, 2.05) is 24.3 Å². The summed E-state index contributed by atoms with van der Waals surface area (Å²) in [5.41, 5.74) is 2.62. The maximum atomic E-state index is 14.1. The summed E-state index contributed by atoms with van der Waals surface area (Å²) in [5.74, 6) is -3.48. The van der Waals surface area contributed by atoms with Crippen LogP contribution in [0.1, 0.15) is 59.8 Å². The van der Waals surface area contributed by atoms with Gasteiger partial charge in [0.1, 0.15) is 0 Å². The molecule has 196 valence electrons. The number of rotatable bonds is 6. The first-order valence-electron chi connectivity index (χ1n) is 13.0. The van der Waals surface area contributed by atoms with Gasteiger partial charge in [0, 0.05) is 23.7 Å². The molecule has 6 atom stereocenters. The van der Waals surface area contributed by atoms with Crippen LogP contribution in [0, 0.1) is 22.7 Å². The van der Waals surface area contributed by atoms with Crippen LogP contribution in [0.25, 0.3) is 0 Å². The molecule has 0 heterocycles. The maximum absolute atomic E-state index is 14.1. The van der Waals surface area contributed by atoms with Gasteiger partial charge in [-0.25, -0.2) is 9.59 Å². The molecule has 0 spiro atoms. The number of fused-ring (bicyclic) bond motifs is 8. The molecule has 7 rings (SSSR count). The molecule has 3 saturated carbocycles. The number of hydrogen-bond acceptors (Lipinski definition) is 8. The van der Waals surface area contributed by atoms with Crippen LogP contribution in [0.4, 0.5) is 0 Å². The first kappa shape index (κ1) is 23.4. The zero-order chi connectivity index (χ0) is 26.7. The third-order valence-electron chi connectivity index (χ3n) is 10.2. The number of carbonyl (C=O) groups excluding carboxylic acids is 4. The van der Waals surface area contributed by atoms with E-state index in [0.717, 1.165) is 22.3 Å². The van der Waals surface area contributed by atoms with E-state index < -0.39 is 46.9 Å². The lowest BCUT2D eigenvalue weighted by atomic mass is 9.09. The van der Waals surface area contributed by atoms with Gasteiger partial charge in [-0.15, -0.1) is 0 Å². The predicted octanol–water partition coefficient (Wildman–Crippen LogP) is 3.20. The Labute approximate surface area is 219 Å². The van der Waals surface area contributed by atoms with Crippen LogP contribution in [0.5, 0.6) is 0 Å². The fourth-order valence-electron chi connectivity index (χ4n) is 9.32. The van der Waals surface area contributed by atoms with E-state index in [1.54, 1.807) is 0 Å². The Morgan fingerprint density at radius 2 is 0.974 bits per heavy atom. The highest BCUT2D eigenvalue weighted by Gasteiger charge is 2.99. The van der Waals surface area contributed by atoms with E-state index in [1.165, 1.54) is 28.1 Å². The summed E-state index contributed by atoms with van der Waals surface area (Å²) in [6.45, 7) is 3.00. The SMILES string of the molecule is COC(=O)[C@H](C)OC(=O)C12C3c4ccccc4C4C5c6ccccc6C3C1C5(C(=O)O[C@@H](C)C(=O)OC)C42. The van der Waals surface area contributed by atoms with Gasteiger partial charge < -0.3 is 18.9 Å². The lowest BCUT2D eigenvalue weighted by molar-refractivity contribution is -0.362. The number of esters is 4. The highest BCUT2D eigenvalue weighted by atomic mass is 16.6. The fourth-order valence-corrected chi connectivity index (χ4v) is 9.32. The van der Waals surface area contributed by atoms with Crippen molar-refractivity contribution in [1.29, 1.82) is 0 Å². The van der Waals surface area contributed by atoms with E-state index in [-0.39, 0.29) is 35.5 Å². The van der Waals surface area contributed by atoms with Crippen molar-refractivity contribution in [2.75, 3.05) is 14.2 Å². The molecule has 5 aliphatic rings. The third-order valence-corrected chi connectivity index (χ3v) is 10.2. The van der Waals surface area contributed by atoms with E-state index in [2.05, 4.69) is 24.3 Å². The second-order valence-electron chi connectivity index (χ2n) is 11.2. The average molecular weight is 517 g/mol. The molecule has 3 fully saturated rings. The number of methoxy groups -OCH3 is 2. The third kappa shape index (κ3) is 2.26. The molecule has 0 amide bonds. The van der Waals surface area contributed by atoms with E-state index in [4.69, 9.17) is 18.9 Å². The summed E-state index contributed by atoms with van der Waals surface area (Å²) in [7, 11) is 2.51.